The third-order valence-corrected chi connectivity index (χ3v) is 2.40. The Kier molecular flexibility index (Phi) is 3.64. The highest BCUT2D eigenvalue weighted by molar-refractivity contribution is 5.64. The highest BCUT2D eigenvalue weighted by Gasteiger charge is 2.32. The average Bonchev–Trinajstić information content (AvgIpc) is 2.40. The van der Waals surface area contributed by atoms with E-state index in [1.807, 2.05) is 0 Å². The number of anilines is 1. The maximum absolute atomic E-state index is 12.2. The number of phenolic OH excluding ortho intramolecular Hbond substituents is 1. The SMILES string of the molecule is CNc1ccc(-c2ccc(O)c(OC(F)(F)F)c2)nn1. The van der Waals surface area contributed by atoms with Crippen molar-refractivity contribution in [2.24, 2.45) is 0 Å². The van der Waals surface area contributed by atoms with Crippen LogP contribution in [0.3, 0.4) is 0 Å². The minimum Gasteiger partial charge on any atom is -0.504 e. The van der Waals surface area contributed by atoms with Crippen molar-refractivity contribution in [3.63, 3.8) is 0 Å². The molecule has 0 amide bonds. The molecule has 0 radical (unpaired) electrons. The van der Waals surface area contributed by atoms with Gasteiger partial charge in [-0.1, -0.05) is 0 Å². The molecule has 5 nitrogen and oxygen atoms in total. The van der Waals surface area contributed by atoms with Crippen molar-refractivity contribution >= 4 is 5.82 Å². The van der Waals surface area contributed by atoms with Crippen LogP contribution in [0.5, 0.6) is 11.5 Å². The van der Waals surface area contributed by atoms with Crippen molar-refractivity contribution in [3.05, 3.63) is 30.3 Å². The molecule has 2 rings (SSSR count). The Morgan fingerprint density at radius 3 is 2.45 bits per heavy atom. The van der Waals surface area contributed by atoms with Crippen LogP contribution in [-0.2, 0) is 0 Å². The predicted molar refractivity (Wildman–Crippen MR) is 65.4 cm³/mol. The predicted octanol–water partition coefficient (Wildman–Crippen LogP) is 2.79. The van der Waals surface area contributed by atoms with Gasteiger partial charge in [-0.05, 0) is 30.3 Å². The third-order valence-electron chi connectivity index (χ3n) is 2.40. The van der Waals surface area contributed by atoms with Crippen molar-refractivity contribution in [1.29, 1.82) is 0 Å². The molecular formula is C12H10F3N3O2. The Bertz CT molecular complexity index is 600. The summed E-state index contributed by atoms with van der Waals surface area (Å²) in [7, 11) is 1.67. The number of hydrogen-bond donors (Lipinski definition) is 2. The van der Waals surface area contributed by atoms with Gasteiger partial charge < -0.3 is 15.2 Å². The summed E-state index contributed by atoms with van der Waals surface area (Å²) in [6, 6.07) is 6.78. The Hall–Kier alpha value is -2.51. The van der Waals surface area contributed by atoms with E-state index in [1.54, 1.807) is 19.2 Å². The maximum atomic E-state index is 12.2. The van der Waals surface area contributed by atoms with Gasteiger partial charge in [0.05, 0.1) is 5.69 Å². The van der Waals surface area contributed by atoms with Crippen LogP contribution in [0.1, 0.15) is 0 Å². The highest BCUT2D eigenvalue weighted by Crippen LogP contribution is 2.34. The molecular weight excluding hydrogens is 275 g/mol. The van der Waals surface area contributed by atoms with Crippen LogP contribution >= 0.6 is 0 Å². The van der Waals surface area contributed by atoms with Gasteiger partial charge in [0.15, 0.2) is 11.5 Å². The van der Waals surface area contributed by atoms with Gasteiger partial charge in [-0.3, -0.25) is 0 Å². The number of alkyl halides is 3. The van der Waals surface area contributed by atoms with Crippen molar-refractivity contribution in [1.82, 2.24) is 10.2 Å². The number of aromatic hydroxyl groups is 1. The van der Waals surface area contributed by atoms with Crippen molar-refractivity contribution in [2.75, 3.05) is 12.4 Å². The lowest BCUT2D eigenvalue weighted by atomic mass is 10.1. The van der Waals surface area contributed by atoms with E-state index >= 15 is 0 Å². The van der Waals surface area contributed by atoms with E-state index in [2.05, 4.69) is 20.3 Å². The molecule has 0 spiro atoms. The molecule has 20 heavy (non-hydrogen) atoms. The molecule has 0 aliphatic rings. The fourth-order valence-electron chi connectivity index (χ4n) is 1.50. The average molecular weight is 285 g/mol. The molecule has 2 aromatic rings. The van der Waals surface area contributed by atoms with Gasteiger partial charge in [0.1, 0.15) is 5.82 Å². The molecule has 2 N–H and O–H groups in total. The number of nitrogens with one attached hydrogen (secondary N) is 1. The second kappa shape index (κ2) is 5.24. The molecule has 0 saturated carbocycles. The van der Waals surface area contributed by atoms with Crippen LogP contribution in [-0.4, -0.2) is 28.7 Å². The number of hydrogen-bond acceptors (Lipinski definition) is 5. The first-order valence-electron chi connectivity index (χ1n) is 5.49. The zero-order chi connectivity index (χ0) is 14.8. The first-order chi connectivity index (χ1) is 9.39. The van der Waals surface area contributed by atoms with Gasteiger partial charge in [0.2, 0.25) is 0 Å². The minimum atomic E-state index is -4.88. The number of ether oxygens (including phenoxy) is 1. The molecule has 0 unspecified atom stereocenters. The molecule has 1 heterocycles. The summed E-state index contributed by atoms with van der Waals surface area (Å²) in [5.41, 5.74) is 0.702. The fourth-order valence-corrected chi connectivity index (χ4v) is 1.50. The number of nitrogens with zero attached hydrogens (tertiary/aromatic N) is 2. The van der Waals surface area contributed by atoms with Gasteiger partial charge >= 0.3 is 6.36 Å². The largest absolute Gasteiger partial charge is 0.573 e. The first kappa shape index (κ1) is 13.9. The van der Waals surface area contributed by atoms with Gasteiger partial charge in [-0.15, -0.1) is 23.4 Å². The highest BCUT2D eigenvalue weighted by atomic mass is 19.4. The summed E-state index contributed by atoms with van der Waals surface area (Å²) in [5.74, 6) is -0.764. The second-order valence-electron chi connectivity index (χ2n) is 3.78. The molecule has 0 bridgehead atoms. The van der Waals surface area contributed by atoms with E-state index in [9.17, 15) is 18.3 Å². The monoisotopic (exact) mass is 285 g/mol. The Morgan fingerprint density at radius 2 is 1.90 bits per heavy atom. The van der Waals surface area contributed by atoms with Crippen LogP contribution < -0.4 is 10.1 Å². The van der Waals surface area contributed by atoms with E-state index in [1.165, 1.54) is 6.07 Å². The number of halogens is 3. The molecule has 0 saturated heterocycles. The van der Waals surface area contributed by atoms with Gasteiger partial charge in [0, 0.05) is 12.6 Å². The van der Waals surface area contributed by atoms with Gasteiger partial charge in [-0.25, -0.2) is 0 Å². The molecule has 1 aromatic carbocycles. The summed E-state index contributed by atoms with van der Waals surface area (Å²) < 4.78 is 40.3. The molecule has 1 aromatic heterocycles. The van der Waals surface area contributed by atoms with Crippen molar-refractivity contribution in [3.8, 4) is 22.8 Å². The zero-order valence-electron chi connectivity index (χ0n) is 10.3. The lowest BCUT2D eigenvalue weighted by Crippen LogP contribution is -2.17. The maximum Gasteiger partial charge on any atom is 0.573 e. The van der Waals surface area contributed by atoms with Crippen LogP contribution in [0.4, 0.5) is 19.0 Å². The lowest BCUT2D eigenvalue weighted by Gasteiger charge is -2.11. The topological polar surface area (TPSA) is 67.3 Å². The molecule has 8 heteroatoms. The van der Waals surface area contributed by atoms with Crippen molar-refractivity contribution < 1.29 is 23.0 Å². The number of aromatic nitrogens is 2. The second-order valence-corrected chi connectivity index (χ2v) is 3.78. The standard InChI is InChI=1S/C12H10F3N3O2/c1-16-11-5-3-8(17-18-11)7-2-4-9(19)10(6-7)20-12(13,14)15/h2-6,19H,1H3,(H,16,18). The molecule has 106 valence electrons. The third kappa shape index (κ3) is 3.28. The van der Waals surface area contributed by atoms with Crippen LogP contribution in [0.15, 0.2) is 30.3 Å². The summed E-state index contributed by atoms with van der Waals surface area (Å²) >= 11 is 0. The van der Waals surface area contributed by atoms with Gasteiger partial charge in [-0.2, -0.15) is 0 Å². The van der Waals surface area contributed by atoms with E-state index in [4.69, 9.17) is 0 Å². The van der Waals surface area contributed by atoms with Gasteiger partial charge in [0.25, 0.3) is 0 Å². The number of rotatable bonds is 3. The number of phenols is 1. The first-order valence-corrected chi connectivity index (χ1v) is 5.49. The van der Waals surface area contributed by atoms with E-state index in [0.717, 1.165) is 12.1 Å². The molecule has 0 aliphatic heterocycles. The minimum absolute atomic E-state index is 0.345. The van der Waals surface area contributed by atoms with E-state index in [0.29, 0.717) is 17.1 Å². The quantitative estimate of drug-likeness (QED) is 0.907. The van der Waals surface area contributed by atoms with Crippen molar-refractivity contribution in [2.45, 2.75) is 6.36 Å². The smallest absolute Gasteiger partial charge is 0.504 e. The van der Waals surface area contributed by atoms with Crippen LogP contribution in [0, 0.1) is 0 Å². The summed E-state index contributed by atoms with van der Waals surface area (Å²) in [4.78, 5) is 0. The van der Waals surface area contributed by atoms with E-state index < -0.39 is 17.9 Å². The zero-order valence-corrected chi connectivity index (χ0v) is 10.3. The Labute approximate surface area is 112 Å². The molecule has 0 fully saturated rings. The Morgan fingerprint density at radius 1 is 1.15 bits per heavy atom. The summed E-state index contributed by atoms with van der Waals surface area (Å²) in [6.07, 6.45) is -4.88. The summed E-state index contributed by atoms with van der Waals surface area (Å²) in [6.45, 7) is 0. The number of benzene rings is 1. The Balaban J connectivity index is 2.34. The van der Waals surface area contributed by atoms with Crippen LogP contribution in [0.2, 0.25) is 0 Å². The van der Waals surface area contributed by atoms with E-state index in [-0.39, 0.29) is 0 Å². The normalized spacial score (nSPS) is 11.2. The lowest BCUT2D eigenvalue weighted by molar-refractivity contribution is -0.275. The molecule has 0 aliphatic carbocycles. The fraction of sp³-hybridized carbons (Fsp3) is 0.167. The summed E-state index contributed by atoms with van der Waals surface area (Å²) in [5, 5.41) is 19.8. The molecule has 0 atom stereocenters. The van der Waals surface area contributed by atoms with Crippen LogP contribution in [0.25, 0.3) is 11.3 Å².